The van der Waals surface area contributed by atoms with Gasteiger partial charge in [0, 0.05) is 0 Å². The molecule has 2 heteroatoms. The monoisotopic (exact) mass is 222 g/mol. The van der Waals surface area contributed by atoms with Gasteiger partial charge in [0.25, 0.3) is 0 Å². The van der Waals surface area contributed by atoms with Gasteiger partial charge in [0.1, 0.15) is 0 Å². The summed E-state index contributed by atoms with van der Waals surface area (Å²) in [5.41, 5.74) is 0.611. The highest BCUT2D eigenvalue weighted by Crippen LogP contribution is 2.25. The van der Waals surface area contributed by atoms with Crippen LogP contribution < -0.4 is 5.19 Å². The van der Waals surface area contributed by atoms with Gasteiger partial charge in [-0.1, -0.05) is 55.5 Å². The third-order valence-electron chi connectivity index (χ3n) is 3.44. The number of benzene rings is 1. The van der Waals surface area contributed by atoms with Crippen molar-refractivity contribution in [2.24, 2.45) is 0 Å². The van der Waals surface area contributed by atoms with E-state index in [0.29, 0.717) is 5.54 Å². The molecular formula is C13H22OSi. The van der Waals surface area contributed by atoms with Crippen LogP contribution in [0.1, 0.15) is 20.3 Å². The van der Waals surface area contributed by atoms with Crippen LogP contribution in [-0.4, -0.2) is 19.3 Å². The van der Waals surface area contributed by atoms with Gasteiger partial charge in [-0.05, 0) is 18.9 Å². The Kier molecular flexibility index (Phi) is 4.11. The molecule has 0 amide bonds. The van der Waals surface area contributed by atoms with Crippen LogP contribution in [0.3, 0.4) is 0 Å². The third kappa shape index (κ3) is 3.18. The molecule has 1 aromatic carbocycles. The van der Waals surface area contributed by atoms with Crippen LogP contribution in [0.4, 0.5) is 0 Å². The zero-order valence-corrected chi connectivity index (χ0v) is 11.2. The van der Waals surface area contributed by atoms with Crippen LogP contribution in [0.5, 0.6) is 0 Å². The lowest BCUT2D eigenvalue weighted by atomic mass is 10.2. The molecule has 0 fully saturated rings. The van der Waals surface area contributed by atoms with E-state index >= 15 is 0 Å². The molecule has 0 heterocycles. The van der Waals surface area contributed by atoms with E-state index in [-0.39, 0.29) is 6.10 Å². The van der Waals surface area contributed by atoms with Crippen molar-refractivity contribution in [1.82, 2.24) is 0 Å². The molecule has 0 spiro atoms. The molecule has 2 unspecified atom stereocenters. The summed E-state index contributed by atoms with van der Waals surface area (Å²) in [6, 6.07) is 10.7. The molecule has 0 aromatic heterocycles. The Morgan fingerprint density at radius 1 is 1.13 bits per heavy atom. The summed E-state index contributed by atoms with van der Waals surface area (Å²) in [6.45, 7) is 8.92. The van der Waals surface area contributed by atoms with Crippen LogP contribution in [0.15, 0.2) is 30.3 Å². The fourth-order valence-electron chi connectivity index (χ4n) is 1.96. The predicted octanol–water partition coefficient (Wildman–Crippen LogP) is 2.76. The van der Waals surface area contributed by atoms with Crippen LogP contribution >= 0.6 is 0 Å². The molecular weight excluding hydrogens is 200 g/mol. The van der Waals surface area contributed by atoms with E-state index in [2.05, 4.69) is 50.3 Å². The number of hydrogen-bond acceptors (Lipinski definition) is 1. The van der Waals surface area contributed by atoms with E-state index in [1.165, 1.54) is 5.19 Å². The number of aliphatic hydroxyl groups is 1. The van der Waals surface area contributed by atoms with Gasteiger partial charge in [0.2, 0.25) is 0 Å². The highest BCUT2D eigenvalue weighted by Gasteiger charge is 2.30. The summed E-state index contributed by atoms with van der Waals surface area (Å²) < 4.78 is 0. The van der Waals surface area contributed by atoms with Crippen LogP contribution in [0, 0.1) is 0 Å². The summed E-state index contributed by atoms with van der Waals surface area (Å²) in [5, 5.41) is 10.9. The standard InChI is InChI=1S/C13H22OSi/c1-11(14)10-12(2)15(3,4)13-8-6-5-7-9-13/h5-9,11-12,14H,10H2,1-4H3. The highest BCUT2D eigenvalue weighted by molar-refractivity contribution is 6.90. The Balaban J connectivity index is 2.82. The maximum Gasteiger partial charge on any atom is 0.0835 e. The molecule has 0 saturated heterocycles. The van der Waals surface area contributed by atoms with E-state index in [4.69, 9.17) is 0 Å². The van der Waals surface area contributed by atoms with E-state index < -0.39 is 8.07 Å². The van der Waals surface area contributed by atoms with Crippen molar-refractivity contribution < 1.29 is 5.11 Å². The molecule has 0 aliphatic carbocycles. The second-order valence-electron chi connectivity index (χ2n) is 5.07. The van der Waals surface area contributed by atoms with Crippen LogP contribution in [0.2, 0.25) is 18.6 Å². The van der Waals surface area contributed by atoms with Crippen molar-refractivity contribution in [2.75, 3.05) is 0 Å². The summed E-state index contributed by atoms with van der Waals surface area (Å²) in [5.74, 6) is 0. The summed E-state index contributed by atoms with van der Waals surface area (Å²) in [4.78, 5) is 0. The van der Waals surface area contributed by atoms with Crippen molar-refractivity contribution in [3.8, 4) is 0 Å². The van der Waals surface area contributed by atoms with E-state index in [0.717, 1.165) is 6.42 Å². The molecule has 0 bridgehead atoms. The lowest BCUT2D eigenvalue weighted by Gasteiger charge is -2.31. The van der Waals surface area contributed by atoms with Crippen molar-refractivity contribution in [2.45, 2.75) is 45.0 Å². The molecule has 1 aromatic rings. The lowest BCUT2D eigenvalue weighted by molar-refractivity contribution is 0.183. The topological polar surface area (TPSA) is 20.2 Å². The van der Waals surface area contributed by atoms with E-state index in [1.54, 1.807) is 0 Å². The number of rotatable bonds is 4. The molecule has 0 saturated carbocycles. The van der Waals surface area contributed by atoms with Gasteiger partial charge >= 0.3 is 0 Å². The van der Waals surface area contributed by atoms with Crippen molar-refractivity contribution in [3.05, 3.63) is 30.3 Å². The average molecular weight is 222 g/mol. The fraction of sp³-hybridized carbons (Fsp3) is 0.538. The Morgan fingerprint density at radius 3 is 2.13 bits per heavy atom. The molecule has 1 N–H and O–H groups in total. The van der Waals surface area contributed by atoms with Crippen LogP contribution in [-0.2, 0) is 0 Å². The number of aliphatic hydroxyl groups excluding tert-OH is 1. The van der Waals surface area contributed by atoms with Gasteiger partial charge in [-0.2, -0.15) is 0 Å². The first kappa shape index (κ1) is 12.5. The molecule has 1 nitrogen and oxygen atoms in total. The van der Waals surface area contributed by atoms with Gasteiger partial charge in [-0.25, -0.2) is 0 Å². The van der Waals surface area contributed by atoms with Gasteiger partial charge in [-0.3, -0.25) is 0 Å². The first-order valence-corrected chi connectivity index (χ1v) is 8.76. The molecule has 84 valence electrons. The second-order valence-corrected chi connectivity index (χ2v) is 10.1. The smallest absolute Gasteiger partial charge is 0.0835 e. The fourth-order valence-corrected chi connectivity index (χ4v) is 4.51. The largest absolute Gasteiger partial charge is 0.393 e. The molecule has 1 rings (SSSR count). The first-order chi connectivity index (χ1) is 6.94. The lowest BCUT2D eigenvalue weighted by Crippen LogP contribution is -2.45. The number of hydrogen-bond donors (Lipinski definition) is 1. The van der Waals surface area contributed by atoms with Gasteiger partial charge in [-0.15, -0.1) is 0 Å². The van der Waals surface area contributed by atoms with Crippen molar-refractivity contribution in [3.63, 3.8) is 0 Å². The summed E-state index contributed by atoms with van der Waals surface area (Å²) in [7, 11) is -1.41. The Hall–Kier alpha value is -0.603. The van der Waals surface area contributed by atoms with Gasteiger partial charge in [0.05, 0.1) is 14.2 Å². The predicted molar refractivity (Wildman–Crippen MR) is 69.3 cm³/mol. The van der Waals surface area contributed by atoms with Crippen molar-refractivity contribution >= 4 is 13.3 Å². The molecule has 2 atom stereocenters. The molecule has 0 radical (unpaired) electrons. The average Bonchev–Trinajstić information content (AvgIpc) is 2.18. The molecule has 0 aliphatic heterocycles. The Morgan fingerprint density at radius 2 is 1.67 bits per heavy atom. The van der Waals surface area contributed by atoms with Gasteiger partial charge in [0.15, 0.2) is 0 Å². The first-order valence-electron chi connectivity index (χ1n) is 5.68. The van der Waals surface area contributed by atoms with Crippen molar-refractivity contribution in [1.29, 1.82) is 0 Å². The minimum absolute atomic E-state index is 0.185. The second kappa shape index (κ2) is 4.95. The van der Waals surface area contributed by atoms with Gasteiger partial charge < -0.3 is 5.11 Å². The summed E-state index contributed by atoms with van der Waals surface area (Å²) >= 11 is 0. The third-order valence-corrected chi connectivity index (χ3v) is 7.97. The maximum absolute atomic E-state index is 9.46. The normalized spacial score (nSPS) is 16.1. The zero-order valence-electron chi connectivity index (χ0n) is 10.2. The Bertz CT molecular complexity index is 293. The SMILES string of the molecule is CC(O)CC(C)[Si](C)(C)c1ccccc1. The van der Waals surface area contributed by atoms with Crippen LogP contribution in [0.25, 0.3) is 0 Å². The minimum Gasteiger partial charge on any atom is -0.393 e. The zero-order chi connectivity index (χ0) is 11.5. The highest BCUT2D eigenvalue weighted by atomic mass is 28.3. The molecule has 0 aliphatic rings. The maximum atomic E-state index is 9.46. The Labute approximate surface area is 94.2 Å². The quantitative estimate of drug-likeness (QED) is 0.777. The molecule has 15 heavy (non-hydrogen) atoms. The van der Waals surface area contributed by atoms with E-state index in [1.807, 2.05) is 6.92 Å². The summed E-state index contributed by atoms with van der Waals surface area (Å²) in [6.07, 6.45) is 0.726. The van der Waals surface area contributed by atoms with E-state index in [9.17, 15) is 5.11 Å². The minimum atomic E-state index is -1.41.